The maximum atomic E-state index is 14.8. The van der Waals surface area contributed by atoms with Crippen molar-refractivity contribution in [1.29, 1.82) is 0 Å². The first-order chi connectivity index (χ1) is 11.9. The summed E-state index contributed by atoms with van der Waals surface area (Å²) in [4.78, 5) is 19.1. The zero-order valence-corrected chi connectivity index (χ0v) is 15.9. The highest BCUT2D eigenvalue weighted by molar-refractivity contribution is 9.10. The number of carbonyl (C=O) groups excluding carboxylic acids is 1. The third kappa shape index (κ3) is 2.64. The van der Waals surface area contributed by atoms with E-state index in [1.54, 1.807) is 23.2 Å². The number of halogens is 2. The smallest absolute Gasteiger partial charge is 0.255 e. The highest BCUT2D eigenvalue weighted by Gasteiger charge is 2.44. The summed E-state index contributed by atoms with van der Waals surface area (Å²) in [5, 5.41) is -0.552. The van der Waals surface area contributed by atoms with Crippen molar-refractivity contribution in [2.24, 2.45) is 0 Å². The summed E-state index contributed by atoms with van der Waals surface area (Å²) >= 11 is 3.41. The highest BCUT2D eigenvalue weighted by Crippen LogP contribution is 2.42. The average Bonchev–Trinajstić information content (AvgIpc) is 2.69. The predicted molar refractivity (Wildman–Crippen MR) is 104 cm³/mol. The fourth-order valence-corrected chi connectivity index (χ4v) is 4.34. The molecule has 0 spiro atoms. The largest absolute Gasteiger partial charge is 0.339 e. The van der Waals surface area contributed by atoms with Crippen molar-refractivity contribution in [2.45, 2.75) is 37.1 Å². The van der Waals surface area contributed by atoms with Gasteiger partial charge in [0.25, 0.3) is 5.91 Å². The van der Waals surface area contributed by atoms with Gasteiger partial charge in [-0.15, -0.1) is 0 Å². The lowest BCUT2D eigenvalue weighted by Gasteiger charge is -2.35. The van der Waals surface area contributed by atoms with E-state index in [9.17, 15) is 9.18 Å². The first kappa shape index (κ1) is 16.8. The number of pyridine rings is 1. The second-order valence-corrected chi connectivity index (χ2v) is 8.35. The van der Waals surface area contributed by atoms with Gasteiger partial charge in [0.1, 0.15) is 21.5 Å². The lowest BCUT2D eigenvalue weighted by molar-refractivity contribution is 0.0728. The molecule has 2 aromatic rings. The molecular weight excluding hydrogens is 381 g/mol. The second kappa shape index (κ2) is 5.97. The minimum atomic E-state index is -0.552. The minimum Gasteiger partial charge on any atom is -0.339 e. The normalized spacial score (nSPS) is 19.0. The molecule has 4 rings (SSSR count). The van der Waals surface area contributed by atoms with E-state index in [4.69, 9.17) is 0 Å². The third-order valence-corrected chi connectivity index (χ3v) is 6.05. The van der Waals surface area contributed by atoms with Gasteiger partial charge in [0.2, 0.25) is 0 Å². The van der Waals surface area contributed by atoms with E-state index >= 15 is 0 Å². The first-order valence-corrected chi connectivity index (χ1v) is 9.44. The predicted octanol–water partition coefficient (Wildman–Crippen LogP) is 2.28. The Kier molecular flexibility index (Phi) is 4.02. The summed E-state index contributed by atoms with van der Waals surface area (Å²) < 4.78 is 15.6. The third-order valence-electron chi connectivity index (χ3n) is 5.59. The monoisotopic (exact) mass is 398 g/mol. The number of hydrogen-bond donors (Lipinski definition) is 0. The topological polar surface area (TPSA) is 33.2 Å². The highest BCUT2D eigenvalue weighted by atomic mass is 79.9. The van der Waals surface area contributed by atoms with Crippen LogP contribution in [0.3, 0.4) is 0 Å². The van der Waals surface area contributed by atoms with Gasteiger partial charge in [-0.3, -0.25) is 9.78 Å². The van der Waals surface area contributed by atoms with Gasteiger partial charge in [0, 0.05) is 28.1 Å². The van der Waals surface area contributed by atoms with Crippen molar-refractivity contribution in [1.82, 2.24) is 9.88 Å². The van der Waals surface area contributed by atoms with Gasteiger partial charge in [-0.05, 0) is 48.6 Å². The summed E-state index contributed by atoms with van der Waals surface area (Å²) in [6.45, 7) is 0.271. The molecule has 2 aliphatic rings. The van der Waals surface area contributed by atoms with Gasteiger partial charge in [-0.1, -0.05) is 22.4 Å². The van der Waals surface area contributed by atoms with Crippen LogP contribution in [0.15, 0.2) is 34.9 Å². The fraction of sp³-hybridized carbons (Fsp3) is 0.333. The van der Waals surface area contributed by atoms with Crippen LogP contribution < -0.4 is 0 Å². The van der Waals surface area contributed by atoms with Crippen molar-refractivity contribution in [3.05, 3.63) is 63.1 Å². The number of nitrogens with zero attached hydrogens (tertiary/aromatic N) is 2. The molecule has 126 valence electrons. The first-order valence-electron chi connectivity index (χ1n) is 8.65. The molecule has 3 nitrogen and oxygen atoms in total. The zero-order valence-electron chi connectivity index (χ0n) is 14.4. The number of benzene rings is 1. The summed E-state index contributed by atoms with van der Waals surface area (Å²) in [7, 11) is 3.95. The molecule has 0 N–H and O–H groups in total. The number of hydrogen-bond acceptors (Lipinski definition) is 2. The van der Waals surface area contributed by atoms with Crippen LogP contribution in [0, 0.1) is 5.82 Å². The van der Waals surface area contributed by atoms with Crippen molar-refractivity contribution < 1.29 is 9.18 Å². The Morgan fingerprint density at radius 1 is 1.36 bits per heavy atom. The van der Waals surface area contributed by atoms with E-state index < -0.39 is 5.34 Å². The summed E-state index contributed by atoms with van der Waals surface area (Å²) in [5.74, 6) is 0.0714. The number of carbonyl (C=O) groups is 1. The molecule has 0 unspecified atom stereocenters. The lowest BCUT2D eigenvalue weighted by atomic mass is 9.59. The maximum Gasteiger partial charge on any atom is 0.255 e. The molecular formula is C18H18B2BrFN2O. The Morgan fingerprint density at radius 2 is 2.12 bits per heavy atom. The molecule has 1 saturated carbocycles. The SMILES string of the molecule is BC1(B)c2ncccc2C(=O)N1Cc1c(F)cc(Br)cc1C1CCC1. The van der Waals surface area contributed by atoms with E-state index in [0.29, 0.717) is 17.0 Å². The molecule has 1 aliphatic carbocycles. The summed E-state index contributed by atoms with van der Waals surface area (Å²) in [5.41, 5.74) is 3.06. The van der Waals surface area contributed by atoms with Crippen LogP contribution in [-0.4, -0.2) is 31.5 Å². The number of rotatable bonds is 3. The van der Waals surface area contributed by atoms with Crippen LogP contribution in [0.1, 0.15) is 52.4 Å². The van der Waals surface area contributed by atoms with Crippen LogP contribution in [0.4, 0.5) is 4.39 Å². The Morgan fingerprint density at radius 3 is 2.76 bits per heavy atom. The summed E-state index contributed by atoms with van der Waals surface area (Å²) in [6, 6.07) is 7.09. The quantitative estimate of drug-likeness (QED) is 0.743. The van der Waals surface area contributed by atoms with Gasteiger partial charge in [0.15, 0.2) is 0 Å². The Hall–Kier alpha value is -1.62. The molecule has 1 fully saturated rings. The Labute approximate surface area is 157 Å². The van der Waals surface area contributed by atoms with Crippen LogP contribution >= 0.6 is 15.9 Å². The Balaban J connectivity index is 1.75. The van der Waals surface area contributed by atoms with Gasteiger partial charge in [0.05, 0.1) is 11.3 Å². The van der Waals surface area contributed by atoms with E-state index in [2.05, 4.69) is 20.9 Å². The fourth-order valence-electron chi connectivity index (χ4n) is 3.89. The van der Waals surface area contributed by atoms with E-state index in [0.717, 1.165) is 28.6 Å². The molecule has 1 aliphatic heterocycles. The summed E-state index contributed by atoms with van der Waals surface area (Å²) in [6.07, 6.45) is 5.06. The number of fused-ring (bicyclic) bond motifs is 1. The van der Waals surface area contributed by atoms with Crippen molar-refractivity contribution in [2.75, 3.05) is 0 Å². The molecule has 1 aromatic carbocycles. The van der Waals surface area contributed by atoms with Crippen LogP contribution in [-0.2, 0) is 11.9 Å². The van der Waals surface area contributed by atoms with Crippen molar-refractivity contribution in [3.8, 4) is 0 Å². The average molecular weight is 399 g/mol. The molecule has 1 aromatic heterocycles. The van der Waals surface area contributed by atoms with E-state index in [1.807, 2.05) is 21.8 Å². The van der Waals surface area contributed by atoms with Crippen LogP contribution in [0.2, 0.25) is 0 Å². The molecule has 0 saturated heterocycles. The van der Waals surface area contributed by atoms with Crippen LogP contribution in [0.25, 0.3) is 0 Å². The standard InChI is InChI=1S/C18H18B2BrFN2O/c19-18(20)16-12(5-2-6-23-16)17(25)24(18)9-14-13(10-3-1-4-10)7-11(21)8-15(14)22/h2,5-8,10H,1,3-4,9,19-20H2. The molecule has 7 heteroatoms. The molecule has 1 amide bonds. The van der Waals surface area contributed by atoms with Crippen molar-refractivity contribution in [3.63, 3.8) is 0 Å². The molecule has 25 heavy (non-hydrogen) atoms. The number of amides is 1. The van der Waals surface area contributed by atoms with Gasteiger partial charge in [-0.25, -0.2) is 4.39 Å². The number of aromatic nitrogens is 1. The van der Waals surface area contributed by atoms with Gasteiger partial charge < -0.3 is 4.90 Å². The van der Waals surface area contributed by atoms with E-state index in [1.165, 1.54) is 12.5 Å². The maximum absolute atomic E-state index is 14.8. The molecule has 0 bridgehead atoms. The van der Waals surface area contributed by atoms with Gasteiger partial charge >= 0.3 is 0 Å². The second-order valence-electron chi connectivity index (χ2n) is 7.43. The van der Waals surface area contributed by atoms with E-state index in [-0.39, 0.29) is 18.3 Å². The molecule has 2 heterocycles. The Bertz CT molecular complexity index is 870. The molecule has 0 radical (unpaired) electrons. The minimum absolute atomic E-state index is 0.0741. The van der Waals surface area contributed by atoms with Crippen molar-refractivity contribution >= 4 is 37.5 Å². The molecule has 0 atom stereocenters. The zero-order chi connectivity index (χ0) is 17.8. The van der Waals surface area contributed by atoms with Crippen LogP contribution in [0.5, 0.6) is 0 Å². The van der Waals surface area contributed by atoms with Gasteiger partial charge in [-0.2, -0.15) is 0 Å². The lowest BCUT2D eigenvalue weighted by Crippen LogP contribution is -2.45.